The molecule has 1 nitrogen and oxygen atoms in total. The van der Waals surface area contributed by atoms with Crippen LogP contribution >= 0.6 is 0 Å². The third-order valence-electron chi connectivity index (χ3n) is 7.26. The number of nitrogens with zero attached hydrogens (tertiary/aromatic N) is 1. The zero-order valence-corrected chi connectivity index (χ0v) is 17.1. The lowest BCUT2D eigenvalue weighted by molar-refractivity contribution is 0.327. The van der Waals surface area contributed by atoms with Gasteiger partial charge in [0.15, 0.2) is 0 Å². The monoisotopic (exact) mass is 375 g/mol. The Bertz CT molecular complexity index is 1260. The molecule has 29 heavy (non-hydrogen) atoms. The van der Waals surface area contributed by atoms with E-state index >= 15 is 0 Å². The quantitative estimate of drug-likeness (QED) is 0.375. The summed E-state index contributed by atoms with van der Waals surface area (Å²) in [5, 5.41) is 2.77. The van der Waals surface area contributed by atoms with Crippen LogP contribution in [-0.2, 0) is 25.7 Å². The molecule has 0 aliphatic heterocycles. The van der Waals surface area contributed by atoms with Crippen LogP contribution in [0.3, 0.4) is 0 Å². The van der Waals surface area contributed by atoms with Crippen molar-refractivity contribution in [3.8, 4) is 11.3 Å². The second-order valence-corrected chi connectivity index (χ2v) is 9.27. The summed E-state index contributed by atoms with van der Waals surface area (Å²) < 4.78 is 0. The molecule has 1 heterocycles. The molecule has 2 aliphatic rings. The molecule has 0 fully saturated rings. The van der Waals surface area contributed by atoms with E-state index in [1.807, 2.05) is 6.20 Å². The molecular weight excluding hydrogens is 350 g/mol. The Morgan fingerprint density at radius 1 is 0.724 bits per heavy atom. The number of pyridine rings is 1. The van der Waals surface area contributed by atoms with E-state index in [1.54, 1.807) is 22.3 Å². The van der Waals surface area contributed by atoms with Gasteiger partial charge in [0.1, 0.15) is 0 Å². The highest BCUT2D eigenvalue weighted by molar-refractivity contribution is 5.91. The van der Waals surface area contributed by atoms with Crippen LogP contribution in [0.25, 0.3) is 22.0 Å². The lowest BCUT2D eigenvalue weighted by Crippen LogP contribution is -2.21. The van der Waals surface area contributed by atoms with Gasteiger partial charge < -0.3 is 0 Å². The van der Waals surface area contributed by atoms with Gasteiger partial charge in [0.25, 0.3) is 0 Å². The van der Waals surface area contributed by atoms with Gasteiger partial charge in [0, 0.05) is 11.8 Å². The van der Waals surface area contributed by atoms with E-state index < -0.39 is 0 Å². The number of hydrogen-bond acceptors (Lipinski definition) is 1. The molecule has 142 valence electrons. The summed E-state index contributed by atoms with van der Waals surface area (Å²) in [5.74, 6) is 0. The van der Waals surface area contributed by atoms with Gasteiger partial charge in [-0.1, -0.05) is 48.5 Å². The molecule has 0 amide bonds. The SMILES string of the molecule is Cc1cnc(-c2ccc3ccc4c(c3c2)CC2(Cc3ccccc3C2)C4)cc1C. The maximum Gasteiger partial charge on any atom is 0.0705 e. The Morgan fingerprint density at radius 2 is 1.45 bits per heavy atom. The minimum Gasteiger partial charge on any atom is -0.256 e. The van der Waals surface area contributed by atoms with Crippen LogP contribution in [0.4, 0.5) is 0 Å². The predicted molar refractivity (Wildman–Crippen MR) is 120 cm³/mol. The number of aromatic nitrogens is 1. The molecule has 2 aliphatic carbocycles. The van der Waals surface area contributed by atoms with Gasteiger partial charge in [-0.3, -0.25) is 4.98 Å². The van der Waals surface area contributed by atoms with Crippen LogP contribution in [0, 0.1) is 19.3 Å². The molecule has 1 aromatic heterocycles. The molecule has 0 N–H and O–H groups in total. The predicted octanol–water partition coefficient (Wildman–Crippen LogP) is 6.40. The molecule has 4 aromatic rings. The Morgan fingerprint density at radius 3 is 2.21 bits per heavy atom. The molecule has 0 bridgehead atoms. The molecule has 0 saturated heterocycles. The summed E-state index contributed by atoms with van der Waals surface area (Å²) in [5.41, 5.74) is 11.5. The van der Waals surface area contributed by atoms with Crippen molar-refractivity contribution in [1.29, 1.82) is 0 Å². The normalized spacial score (nSPS) is 16.3. The Labute approximate surface area is 172 Å². The molecule has 0 radical (unpaired) electrons. The average molecular weight is 376 g/mol. The Balaban J connectivity index is 1.44. The molecule has 1 spiro atoms. The number of hydrogen-bond donors (Lipinski definition) is 0. The average Bonchev–Trinajstić information content (AvgIpc) is 3.28. The lowest BCUT2D eigenvalue weighted by Gasteiger charge is -2.22. The molecular formula is C28H25N. The highest BCUT2D eigenvalue weighted by Crippen LogP contribution is 2.49. The van der Waals surface area contributed by atoms with Crippen LogP contribution in [0.1, 0.15) is 33.4 Å². The molecule has 3 aromatic carbocycles. The van der Waals surface area contributed by atoms with Crippen molar-refractivity contribution >= 4 is 10.8 Å². The molecule has 0 unspecified atom stereocenters. The van der Waals surface area contributed by atoms with Gasteiger partial charge in [0.2, 0.25) is 0 Å². The van der Waals surface area contributed by atoms with Crippen molar-refractivity contribution in [3.63, 3.8) is 0 Å². The van der Waals surface area contributed by atoms with Gasteiger partial charge in [-0.2, -0.15) is 0 Å². The van der Waals surface area contributed by atoms with Crippen LogP contribution in [0.5, 0.6) is 0 Å². The van der Waals surface area contributed by atoms with Gasteiger partial charge in [-0.25, -0.2) is 0 Å². The van der Waals surface area contributed by atoms with Gasteiger partial charge in [-0.05, 0) is 101 Å². The lowest BCUT2D eigenvalue weighted by atomic mass is 9.81. The fraction of sp³-hybridized carbons (Fsp3) is 0.250. The fourth-order valence-corrected chi connectivity index (χ4v) is 5.61. The molecule has 0 atom stereocenters. The first-order chi connectivity index (χ1) is 14.1. The van der Waals surface area contributed by atoms with E-state index in [1.165, 1.54) is 53.1 Å². The van der Waals surface area contributed by atoms with Gasteiger partial charge in [0.05, 0.1) is 5.69 Å². The van der Waals surface area contributed by atoms with Crippen LogP contribution in [-0.4, -0.2) is 4.98 Å². The van der Waals surface area contributed by atoms with E-state index in [4.69, 9.17) is 4.98 Å². The minimum absolute atomic E-state index is 0.384. The molecule has 0 saturated carbocycles. The zero-order chi connectivity index (χ0) is 19.6. The van der Waals surface area contributed by atoms with Gasteiger partial charge in [-0.15, -0.1) is 0 Å². The molecule has 1 heteroatoms. The standard InChI is InChI=1S/C28H25N/c1-18-11-27(29-17-19(18)2)21-9-7-20-8-10-24-15-28(16-26(24)25(20)12-21)13-22-5-3-4-6-23(22)14-28/h3-12,17H,13-16H2,1-2H3. The van der Waals surface area contributed by atoms with Crippen molar-refractivity contribution < 1.29 is 0 Å². The van der Waals surface area contributed by atoms with Crippen molar-refractivity contribution in [1.82, 2.24) is 4.98 Å². The maximum atomic E-state index is 4.71. The third-order valence-corrected chi connectivity index (χ3v) is 7.26. The summed E-state index contributed by atoms with van der Waals surface area (Å²) in [4.78, 5) is 4.71. The fourth-order valence-electron chi connectivity index (χ4n) is 5.61. The number of aryl methyl sites for hydroxylation is 2. The number of rotatable bonds is 1. The smallest absolute Gasteiger partial charge is 0.0705 e. The summed E-state index contributed by atoms with van der Waals surface area (Å²) >= 11 is 0. The van der Waals surface area contributed by atoms with Crippen molar-refractivity contribution in [2.75, 3.05) is 0 Å². The number of benzene rings is 3. The highest BCUT2D eigenvalue weighted by atomic mass is 14.7. The topological polar surface area (TPSA) is 12.9 Å². The van der Waals surface area contributed by atoms with E-state index in [0.29, 0.717) is 5.41 Å². The molecule has 6 rings (SSSR count). The first kappa shape index (κ1) is 17.0. The summed E-state index contributed by atoms with van der Waals surface area (Å²) in [6, 6.07) is 22.8. The van der Waals surface area contributed by atoms with Crippen LogP contribution < -0.4 is 0 Å². The highest BCUT2D eigenvalue weighted by Gasteiger charge is 2.42. The Hall–Kier alpha value is -2.93. The minimum atomic E-state index is 0.384. The van der Waals surface area contributed by atoms with E-state index in [0.717, 1.165) is 5.69 Å². The number of fused-ring (bicyclic) bond motifs is 4. The van der Waals surface area contributed by atoms with Crippen LogP contribution in [0.15, 0.2) is 66.9 Å². The Kier molecular flexibility index (Phi) is 3.53. The maximum absolute atomic E-state index is 4.71. The first-order valence-corrected chi connectivity index (χ1v) is 10.7. The van der Waals surface area contributed by atoms with Crippen molar-refractivity contribution in [3.05, 3.63) is 100 Å². The van der Waals surface area contributed by atoms with Crippen molar-refractivity contribution in [2.45, 2.75) is 39.5 Å². The first-order valence-electron chi connectivity index (χ1n) is 10.7. The second kappa shape index (κ2) is 6.03. The van der Waals surface area contributed by atoms with Gasteiger partial charge >= 0.3 is 0 Å². The zero-order valence-electron chi connectivity index (χ0n) is 17.1. The van der Waals surface area contributed by atoms with E-state index in [-0.39, 0.29) is 0 Å². The second-order valence-electron chi connectivity index (χ2n) is 9.27. The van der Waals surface area contributed by atoms with E-state index in [9.17, 15) is 0 Å². The van der Waals surface area contributed by atoms with Crippen LogP contribution in [0.2, 0.25) is 0 Å². The van der Waals surface area contributed by atoms with E-state index in [2.05, 4.69) is 74.5 Å². The summed E-state index contributed by atoms with van der Waals surface area (Å²) in [6.45, 7) is 4.29. The summed E-state index contributed by atoms with van der Waals surface area (Å²) in [7, 11) is 0. The largest absolute Gasteiger partial charge is 0.256 e. The van der Waals surface area contributed by atoms with Crippen molar-refractivity contribution in [2.24, 2.45) is 5.41 Å². The summed E-state index contributed by atoms with van der Waals surface area (Å²) in [6.07, 6.45) is 6.84. The third kappa shape index (κ3) is 2.64.